The molecule has 0 aromatic heterocycles. The van der Waals surface area contributed by atoms with E-state index >= 15 is 0 Å². The fraction of sp³-hybridized carbons (Fsp3) is 0.696. The molecule has 1 heterocycles. The van der Waals surface area contributed by atoms with Crippen molar-refractivity contribution in [3.63, 3.8) is 0 Å². The monoisotopic (exact) mass is 516 g/mol. The number of fused-ring (bicyclic) bond motifs is 1. The molecule has 9 heteroatoms. The molecule has 0 bridgehead atoms. The van der Waals surface area contributed by atoms with Crippen LogP contribution < -0.4 is 9.47 Å². The van der Waals surface area contributed by atoms with Crippen LogP contribution in [0.25, 0.3) is 0 Å². The molecule has 1 aliphatic heterocycles. The molecular weight excluding hydrogens is 477 g/mol. The molecule has 0 fully saturated rings. The second-order valence-electron chi connectivity index (χ2n) is 8.61. The fourth-order valence-electron chi connectivity index (χ4n) is 2.90. The first-order valence-corrected chi connectivity index (χ1v) is 19.1. The summed E-state index contributed by atoms with van der Waals surface area (Å²) in [6.07, 6.45) is 0.909. The number of ether oxygens (including phenoxy) is 7. The molecule has 8 nitrogen and oxygen atoms in total. The summed E-state index contributed by atoms with van der Waals surface area (Å²) >= 11 is -1.61. The molecule has 1 aromatic carbocycles. The average Bonchev–Trinajstić information content (AvgIpc) is 2.75. The molecule has 0 radical (unpaired) electrons. The van der Waals surface area contributed by atoms with Gasteiger partial charge in [-0.1, -0.05) is 0 Å². The molecule has 0 spiro atoms. The Kier molecular flexibility index (Phi) is 13.0. The van der Waals surface area contributed by atoms with E-state index in [9.17, 15) is 4.79 Å². The number of esters is 1. The minimum atomic E-state index is -1.61. The maximum atomic E-state index is 12.5. The van der Waals surface area contributed by atoms with Crippen molar-refractivity contribution in [1.29, 1.82) is 0 Å². The van der Waals surface area contributed by atoms with Crippen molar-refractivity contribution in [2.75, 3.05) is 72.7 Å². The van der Waals surface area contributed by atoms with Crippen LogP contribution in [0.1, 0.15) is 16.8 Å². The van der Waals surface area contributed by atoms with Crippen LogP contribution in [-0.4, -0.2) is 91.9 Å². The first-order valence-electron chi connectivity index (χ1n) is 11.3. The van der Waals surface area contributed by atoms with E-state index in [0.717, 1.165) is 6.42 Å². The summed E-state index contributed by atoms with van der Waals surface area (Å²) in [6, 6.07) is 5.09. The van der Waals surface area contributed by atoms with Crippen molar-refractivity contribution >= 4 is 19.2 Å². The van der Waals surface area contributed by atoms with Crippen molar-refractivity contribution in [2.24, 2.45) is 0 Å². The van der Waals surface area contributed by atoms with E-state index in [1.54, 1.807) is 18.2 Å². The summed E-state index contributed by atoms with van der Waals surface area (Å²) in [5.41, 5.74) is 0.439. The van der Waals surface area contributed by atoms with Gasteiger partial charge in [0.05, 0.1) is 39.6 Å². The number of hydrogen-bond donors (Lipinski definition) is 0. The summed E-state index contributed by atoms with van der Waals surface area (Å²) in [4.78, 5) is 12.5. The summed E-state index contributed by atoms with van der Waals surface area (Å²) in [5, 5.41) is 1.17. The zero-order valence-corrected chi connectivity index (χ0v) is 21.8. The predicted molar refractivity (Wildman–Crippen MR) is 124 cm³/mol. The number of benzene rings is 1. The summed E-state index contributed by atoms with van der Waals surface area (Å²) in [6.45, 7) is 4.95. The predicted octanol–water partition coefficient (Wildman–Crippen LogP) is 3.41. The van der Waals surface area contributed by atoms with Gasteiger partial charge in [0.25, 0.3) is 0 Å². The van der Waals surface area contributed by atoms with Crippen LogP contribution in [0.4, 0.5) is 0 Å². The van der Waals surface area contributed by atoms with Gasteiger partial charge in [0, 0.05) is 0 Å². The third kappa shape index (κ3) is 12.1. The van der Waals surface area contributed by atoms with Gasteiger partial charge in [-0.3, -0.25) is 0 Å². The van der Waals surface area contributed by atoms with Crippen LogP contribution in [0.3, 0.4) is 0 Å². The normalized spacial score (nSPS) is 17.7. The fourth-order valence-corrected chi connectivity index (χ4v) is 5.43. The van der Waals surface area contributed by atoms with E-state index in [1.165, 1.54) is 5.25 Å². The van der Waals surface area contributed by atoms with Gasteiger partial charge in [-0.05, 0) is 0 Å². The molecule has 0 aliphatic carbocycles. The van der Waals surface area contributed by atoms with Crippen LogP contribution in [0.2, 0.25) is 22.5 Å². The molecule has 32 heavy (non-hydrogen) atoms. The van der Waals surface area contributed by atoms with Gasteiger partial charge in [0.2, 0.25) is 0 Å². The molecule has 0 saturated carbocycles. The summed E-state index contributed by atoms with van der Waals surface area (Å²) in [5.74, 6) is 7.74. The molecule has 182 valence electrons. The second-order valence-corrected chi connectivity index (χ2v) is 20.4. The van der Waals surface area contributed by atoms with Gasteiger partial charge in [-0.2, -0.15) is 0 Å². The zero-order valence-electron chi connectivity index (χ0n) is 19.7. The Morgan fingerprint density at radius 1 is 0.781 bits per heavy atom. The van der Waals surface area contributed by atoms with E-state index in [1.807, 2.05) is 0 Å². The maximum absolute atomic E-state index is 12.5. The van der Waals surface area contributed by atoms with E-state index in [-0.39, 0.29) is 5.97 Å². The quantitative estimate of drug-likeness (QED) is 0.336. The Morgan fingerprint density at radius 3 is 1.81 bits per heavy atom. The van der Waals surface area contributed by atoms with Crippen LogP contribution in [-0.2, 0) is 23.7 Å². The van der Waals surface area contributed by atoms with Crippen LogP contribution in [0.15, 0.2) is 18.2 Å². The topological polar surface area (TPSA) is 81.7 Å². The Balaban J connectivity index is 1.92. The summed E-state index contributed by atoms with van der Waals surface area (Å²) < 4.78 is 39.0. The Hall–Kier alpha value is -1.33. The van der Waals surface area contributed by atoms with Crippen LogP contribution >= 0.6 is 0 Å². The van der Waals surface area contributed by atoms with Gasteiger partial charge in [-0.25, -0.2) is 0 Å². The SMILES string of the molecule is [CH3][Ge]([CH3])([CH3])[CH2]CCOC(=O)c1ccc2c(c1)OCCOCCOCCOCCOCCO2. The molecular formula is C23H38GeO8. The van der Waals surface area contributed by atoms with Gasteiger partial charge in [0.15, 0.2) is 0 Å². The van der Waals surface area contributed by atoms with Crippen molar-refractivity contribution in [1.82, 2.24) is 0 Å². The molecule has 1 aliphatic rings. The van der Waals surface area contributed by atoms with E-state index in [2.05, 4.69) is 17.3 Å². The van der Waals surface area contributed by atoms with Crippen molar-refractivity contribution in [3.8, 4) is 11.5 Å². The second kappa shape index (κ2) is 15.5. The van der Waals surface area contributed by atoms with Crippen LogP contribution in [0, 0.1) is 0 Å². The third-order valence-electron chi connectivity index (χ3n) is 4.57. The number of carbonyl (C=O) groups excluding carboxylic acids is 1. The molecule has 0 unspecified atom stereocenters. The molecule has 0 N–H and O–H groups in total. The molecule has 0 amide bonds. The first-order chi connectivity index (χ1) is 15.5. The molecule has 0 saturated heterocycles. The Morgan fingerprint density at radius 2 is 1.28 bits per heavy atom. The van der Waals surface area contributed by atoms with Gasteiger partial charge >= 0.3 is 140 Å². The zero-order chi connectivity index (χ0) is 23.1. The number of rotatable bonds is 5. The van der Waals surface area contributed by atoms with Crippen molar-refractivity contribution < 1.29 is 38.0 Å². The average molecular weight is 515 g/mol. The Bertz CT molecular complexity index is 662. The first kappa shape index (κ1) is 26.9. The van der Waals surface area contributed by atoms with E-state index < -0.39 is 13.3 Å². The van der Waals surface area contributed by atoms with Crippen molar-refractivity contribution in [3.05, 3.63) is 23.8 Å². The van der Waals surface area contributed by atoms with Gasteiger partial charge in [0.1, 0.15) is 0 Å². The van der Waals surface area contributed by atoms with Crippen LogP contribution in [0.5, 0.6) is 11.5 Å². The van der Waals surface area contributed by atoms with E-state index in [4.69, 9.17) is 33.2 Å². The van der Waals surface area contributed by atoms with Gasteiger partial charge < -0.3 is 14.2 Å². The Labute approximate surface area is 194 Å². The summed E-state index contributed by atoms with van der Waals surface area (Å²) in [7, 11) is 0. The van der Waals surface area contributed by atoms with Gasteiger partial charge in [-0.15, -0.1) is 0 Å². The van der Waals surface area contributed by atoms with Crippen molar-refractivity contribution in [2.45, 2.75) is 28.9 Å². The molecule has 1 aromatic rings. The molecule has 0 atom stereocenters. The minimum absolute atomic E-state index is 0.326. The number of hydrogen-bond acceptors (Lipinski definition) is 8. The standard InChI is InChI=1S/C23H38GeO8/c1-24(2,3)7-4-8-32-23(25)20-5-6-21-22(19-20)31-18-16-29-14-12-27-10-9-26-11-13-28-15-17-30-21/h5-6,19H,4,7-18H2,1-3H3. The molecule has 2 rings (SSSR count). The third-order valence-corrected chi connectivity index (χ3v) is 8.46. The number of carbonyl (C=O) groups is 1. The van der Waals surface area contributed by atoms with E-state index in [0.29, 0.717) is 89.7 Å².